The maximum Gasteiger partial charge on any atom is 0.225 e. The lowest BCUT2D eigenvalue weighted by atomic mass is 10.1. The number of nitrogen functional groups attached to an aromatic ring is 1. The molecule has 118 valence electrons. The number of hydrogen-bond donors (Lipinski definition) is 3. The summed E-state index contributed by atoms with van der Waals surface area (Å²) >= 11 is 0. The number of rotatable bonds is 2. The SMILES string of the molecule is CC(C)n1nc(-c2ccc3c(c2)NC(N)O3)c2c(N)nccc21. The maximum atomic E-state index is 6.12. The van der Waals surface area contributed by atoms with Gasteiger partial charge in [0.15, 0.2) is 0 Å². The molecule has 0 aliphatic carbocycles. The molecule has 0 amide bonds. The molecule has 1 atom stereocenters. The molecule has 0 saturated heterocycles. The van der Waals surface area contributed by atoms with E-state index < -0.39 is 6.35 Å². The van der Waals surface area contributed by atoms with Crippen LogP contribution in [0.15, 0.2) is 30.5 Å². The smallest absolute Gasteiger partial charge is 0.225 e. The van der Waals surface area contributed by atoms with Gasteiger partial charge in [-0.2, -0.15) is 5.10 Å². The summed E-state index contributed by atoms with van der Waals surface area (Å²) in [5.41, 5.74) is 15.4. The van der Waals surface area contributed by atoms with E-state index in [-0.39, 0.29) is 6.04 Å². The van der Waals surface area contributed by atoms with Crippen molar-refractivity contribution in [3.63, 3.8) is 0 Å². The van der Waals surface area contributed by atoms with Gasteiger partial charge in [0.05, 0.1) is 16.6 Å². The number of hydrogen-bond acceptors (Lipinski definition) is 6. The zero-order chi connectivity index (χ0) is 16.1. The lowest BCUT2D eigenvalue weighted by Gasteiger charge is -2.06. The highest BCUT2D eigenvalue weighted by Crippen LogP contribution is 2.38. The van der Waals surface area contributed by atoms with Crippen molar-refractivity contribution < 1.29 is 4.74 Å². The number of benzene rings is 1. The minimum absolute atomic E-state index is 0.220. The Hall–Kier alpha value is -2.80. The maximum absolute atomic E-state index is 6.12. The summed E-state index contributed by atoms with van der Waals surface area (Å²) in [6.07, 6.45) is 1.19. The number of pyridine rings is 1. The second kappa shape index (κ2) is 4.85. The molecule has 1 unspecified atom stereocenters. The molecule has 0 bridgehead atoms. The molecule has 1 aromatic carbocycles. The standard InChI is InChI=1S/C16H18N6O/c1-8(2)22-11-5-6-19-15(17)13(11)14(21-22)9-3-4-12-10(7-9)20-16(18)23-12/h3-8,16,20H,18H2,1-2H3,(H2,17,19). The predicted molar refractivity (Wildman–Crippen MR) is 90.0 cm³/mol. The molecule has 5 N–H and O–H groups in total. The van der Waals surface area contributed by atoms with Gasteiger partial charge in [0.1, 0.15) is 17.3 Å². The van der Waals surface area contributed by atoms with Crippen LogP contribution in [0.25, 0.3) is 22.2 Å². The Morgan fingerprint density at radius 2 is 2.13 bits per heavy atom. The average molecular weight is 310 g/mol. The fourth-order valence-corrected chi connectivity index (χ4v) is 2.92. The van der Waals surface area contributed by atoms with E-state index in [2.05, 4.69) is 24.1 Å². The number of nitrogens with zero attached hydrogens (tertiary/aromatic N) is 3. The third-order valence-electron chi connectivity index (χ3n) is 3.94. The molecule has 0 spiro atoms. The van der Waals surface area contributed by atoms with E-state index in [4.69, 9.17) is 21.3 Å². The summed E-state index contributed by atoms with van der Waals surface area (Å²) in [7, 11) is 0. The van der Waals surface area contributed by atoms with E-state index in [0.29, 0.717) is 5.82 Å². The normalized spacial score (nSPS) is 16.4. The zero-order valence-electron chi connectivity index (χ0n) is 12.9. The molecule has 23 heavy (non-hydrogen) atoms. The molecule has 3 heterocycles. The molecule has 7 nitrogen and oxygen atoms in total. The lowest BCUT2D eigenvalue weighted by molar-refractivity contribution is 0.262. The van der Waals surface area contributed by atoms with Crippen molar-refractivity contribution in [2.45, 2.75) is 26.2 Å². The molecule has 3 aromatic rings. The summed E-state index contributed by atoms with van der Waals surface area (Å²) in [4.78, 5) is 4.21. The highest BCUT2D eigenvalue weighted by molar-refractivity contribution is 6.00. The van der Waals surface area contributed by atoms with Gasteiger partial charge in [0, 0.05) is 17.8 Å². The molecule has 0 fully saturated rings. The van der Waals surface area contributed by atoms with Gasteiger partial charge < -0.3 is 15.8 Å². The van der Waals surface area contributed by atoms with Gasteiger partial charge in [0.25, 0.3) is 0 Å². The molecular formula is C16H18N6O. The number of nitrogens with one attached hydrogen (secondary N) is 1. The minimum atomic E-state index is -0.517. The van der Waals surface area contributed by atoms with Gasteiger partial charge in [-0.1, -0.05) is 0 Å². The fourth-order valence-electron chi connectivity index (χ4n) is 2.92. The Morgan fingerprint density at radius 3 is 2.91 bits per heavy atom. The Morgan fingerprint density at radius 1 is 1.30 bits per heavy atom. The highest BCUT2D eigenvalue weighted by Gasteiger charge is 2.21. The number of fused-ring (bicyclic) bond motifs is 2. The van der Waals surface area contributed by atoms with Gasteiger partial charge in [-0.15, -0.1) is 0 Å². The highest BCUT2D eigenvalue weighted by atomic mass is 16.5. The molecule has 4 rings (SSSR count). The van der Waals surface area contributed by atoms with Crippen molar-refractivity contribution >= 4 is 22.4 Å². The Labute approximate surface area is 133 Å². The van der Waals surface area contributed by atoms with Crippen LogP contribution in [-0.2, 0) is 0 Å². The van der Waals surface area contributed by atoms with Crippen LogP contribution in [0.1, 0.15) is 19.9 Å². The monoisotopic (exact) mass is 310 g/mol. The summed E-state index contributed by atoms with van der Waals surface area (Å²) in [6, 6.07) is 7.97. The van der Waals surface area contributed by atoms with Crippen LogP contribution < -0.4 is 21.5 Å². The van der Waals surface area contributed by atoms with Crippen LogP contribution in [0.2, 0.25) is 0 Å². The average Bonchev–Trinajstić information content (AvgIpc) is 3.06. The van der Waals surface area contributed by atoms with Crippen LogP contribution in [-0.4, -0.2) is 21.1 Å². The first-order valence-electron chi connectivity index (χ1n) is 7.50. The van der Waals surface area contributed by atoms with Crippen LogP contribution in [0, 0.1) is 0 Å². The first kappa shape index (κ1) is 13.8. The number of ether oxygens (including phenoxy) is 1. The van der Waals surface area contributed by atoms with Crippen molar-refractivity contribution in [3.8, 4) is 17.0 Å². The third-order valence-corrected chi connectivity index (χ3v) is 3.94. The molecule has 1 aliphatic heterocycles. The molecule has 0 saturated carbocycles. The van der Waals surface area contributed by atoms with Crippen molar-refractivity contribution in [1.29, 1.82) is 0 Å². The predicted octanol–water partition coefficient (Wildman–Crippen LogP) is 2.31. The van der Waals surface area contributed by atoms with E-state index in [1.807, 2.05) is 28.9 Å². The number of aromatic nitrogens is 3. The summed E-state index contributed by atoms with van der Waals surface area (Å²) in [5, 5.41) is 8.70. The fraction of sp³-hybridized carbons (Fsp3) is 0.250. The van der Waals surface area contributed by atoms with Crippen molar-refractivity contribution in [2.75, 3.05) is 11.1 Å². The zero-order valence-corrected chi connectivity index (χ0v) is 12.9. The van der Waals surface area contributed by atoms with Crippen LogP contribution in [0.5, 0.6) is 5.75 Å². The van der Waals surface area contributed by atoms with E-state index in [9.17, 15) is 0 Å². The van der Waals surface area contributed by atoms with Gasteiger partial charge in [-0.05, 0) is 38.1 Å². The lowest BCUT2D eigenvalue weighted by Crippen LogP contribution is -2.30. The first-order chi connectivity index (χ1) is 11.0. The van der Waals surface area contributed by atoms with Crippen LogP contribution in [0.4, 0.5) is 11.5 Å². The molecule has 2 aromatic heterocycles. The van der Waals surface area contributed by atoms with E-state index in [1.54, 1.807) is 6.20 Å². The minimum Gasteiger partial charge on any atom is -0.456 e. The van der Waals surface area contributed by atoms with E-state index in [0.717, 1.165) is 33.6 Å². The molecular weight excluding hydrogens is 292 g/mol. The van der Waals surface area contributed by atoms with E-state index in [1.165, 1.54) is 0 Å². The summed E-state index contributed by atoms with van der Waals surface area (Å²) < 4.78 is 7.42. The van der Waals surface area contributed by atoms with E-state index >= 15 is 0 Å². The Kier molecular flexibility index (Phi) is 2.92. The Bertz CT molecular complexity index is 901. The van der Waals surface area contributed by atoms with Gasteiger partial charge in [0.2, 0.25) is 6.35 Å². The third kappa shape index (κ3) is 2.08. The van der Waals surface area contributed by atoms with Gasteiger partial charge >= 0.3 is 0 Å². The second-order valence-corrected chi connectivity index (χ2v) is 5.87. The topological polar surface area (TPSA) is 104 Å². The van der Waals surface area contributed by atoms with Crippen LogP contribution in [0.3, 0.4) is 0 Å². The summed E-state index contributed by atoms with van der Waals surface area (Å²) in [5.74, 6) is 1.21. The second-order valence-electron chi connectivity index (χ2n) is 5.87. The van der Waals surface area contributed by atoms with Crippen LogP contribution >= 0.6 is 0 Å². The van der Waals surface area contributed by atoms with Crippen molar-refractivity contribution in [2.24, 2.45) is 5.73 Å². The largest absolute Gasteiger partial charge is 0.456 e. The van der Waals surface area contributed by atoms with Gasteiger partial charge in [-0.3, -0.25) is 10.4 Å². The number of anilines is 2. The molecule has 0 radical (unpaired) electrons. The molecule has 1 aliphatic rings. The quantitative estimate of drug-likeness (QED) is 0.671. The first-order valence-corrected chi connectivity index (χ1v) is 7.50. The van der Waals surface area contributed by atoms with Crippen molar-refractivity contribution in [1.82, 2.24) is 14.8 Å². The van der Waals surface area contributed by atoms with Crippen molar-refractivity contribution in [3.05, 3.63) is 30.5 Å². The Balaban J connectivity index is 1.95. The summed E-state index contributed by atoms with van der Waals surface area (Å²) in [6.45, 7) is 4.17. The van der Waals surface area contributed by atoms with Gasteiger partial charge in [-0.25, -0.2) is 4.98 Å². The molecule has 7 heteroatoms. The number of nitrogens with two attached hydrogens (primary N) is 2.